The number of nitrogen functional groups attached to an aromatic ring is 1. The Morgan fingerprint density at radius 2 is 1.89 bits per heavy atom. The molecule has 6 rings (SSSR count). The number of hydrogen-bond acceptors (Lipinski definition) is 6. The highest BCUT2D eigenvalue weighted by Gasteiger charge is 2.54. The third-order valence-electron chi connectivity index (χ3n) is 6.85. The molecule has 2 aromatic heterocycles. The number of nitrogens with zero attached hydrogens (tertiary/aromatic N) is 3. The van der Waals surface area contributed by atoms with E-state index in [9.17, 15) is 14.0 Å². The van der Waals surface area contributed by atoms with Gasteiger partial charge in [-0.3, -0.25) is 9.59 Å². The standard InChI is InChI=1S/C26H22FN5O2S/c27-16-6-3-5-14(8-16)23-22(31-26(29)35-23)25(34)32-18(10-15-11-20(15)32)12-17-9-13-4-1-2-7-19(13)21(30-17)24(28)33/h1-9,15,18,20H,10-12H2,(H2,28,33)(H2,29,31)/t15-,18+,20+/m1/s1. The number of piperidine rings is 1. The van der Waals surface area contributed by atoms with Gasteiger partial charge in [0.15, 0.2) is 5.13 Å². The van der Waals surface area contributed by atoms with Crippen molar-refractivity contribution >= 4 is 39.1 Å². The molecule has 0 spiro atoms. The van der Waals surface area contributed by atoms with Crippen LogP contribution in [0, 0.1) is 11.7 Å². The number of amides is 2. The van der Waals surface area contributed by atoms with Crippen LogP contribution in [0.25, 0.3) is 21.2 Å². The van der Waals surface area contributed by atoms with E-state index in [4.69, 9.17) is 11.5 Å². The number of fused-ring (bicyclic) bond motifs is 2. The van der Waals surface area contributed by atoms with E-state index in [2.05, 4.69) is 9.97 Å². The number of aromatic nitrogens is 2. The molecule has 7 nitrogen and oxygen atoms in total. The van der Waals surface area contributed by atoms with Crippen molar-refractivity contribution in [2.45, 2.75) is 31.3 Å². The minimum atomic E-state index is -0.581. The SMILES string of the molecule is NC(=O)c1nc(C[C@@H]2C[C@@H]3C[C@@H]3N2C(=O)c2nc(N)sc2-c2cccc(F)c2)cc2ccccc12. The van der Waals surface area contributed by atoms with Gasteiger partial charge in [0, 0.05) is 29.6 Å². The van der Waals surface area contributed by atoms with Gasteiger partial charge in [0.05, 0.1) is 4.88 Å². The normalized spacial score (nSPS) is 20.7. The number of carbonyl (C=O) groups is 2. The van der Waals surface area contributed by atoms with Crippen molar-refractivity contribution in [3.63, 3.8) is 0 Å². The first-order chi connectivity index (χ1) is 16.9. The largest absolute Gasteiger partial charge is 0.375 e. The average molecular weight is 488 g/mol. The molecular weight excluding hydrogens is 465 g/mol. The zero-order chi connectivity index (χ0) is 24.3. The number of halogens is 1. The Hall–Kier alpha value is -3.85. The number of carbonyl (C=O) groups excluding carboxylic acids is 2. The number of anilines is 1. The van der Waals surface area contributed by atoms with E-state index < -0.39 is 5.91 Å². The van der Waals surface area contributed by atoms with Crippen molar-refractivity contribution in [2.24, 2.45) is 11.7 Å². The summed E-state index contributed by atoms with van der Waals surface area (Å²) in [6.45, 7) is 0. The Bertz CT molecular complexity index is 1500. The highest BCUT2D eigenvalue weighted by atomic mass is 32.1. The molecule has 4 aromatic rings. The Labute approximate surface area is 204 Å². The number of likely N-dealkylation sites (tertiary alicyclic amines) is 1. The first-order valence-corrected chi connectivity index (χ1v) is 12.2. The molecule has 176 valence electrons. The van der Waals surface area contributed by atoms with Crippen LogP contribution in [0.1, 0.15) is 39.5 Å². The zero-order valence-corrected chi connectivity index (χ0v) is 19.5. The molecule has 1 saturated carbocycles. The lowest BCUT2D eigenvalue weighted by molar-refractivity contribution is 0.0694. The molecule has 3 atom stereocenters. The summed E-state index contributed by atoms with van der Waals surface area (Å²) in [5.41, 5.74) is 13.4. The van der Waals surface area contributed by atoms with Crippen LogP contribution in [0.15, 0.2) is 54.6 Å². The van der Waals surface area contributed by atoms with E-state index in [1.165, 1.54) is 23.5 Å². The molecule has 2 amide bonds. The van der Waals surface area contributed by atoms with E-state index in [1.807, 2.05) is 35.2 Å². The minimum Gasteiger partial charge on any atom is -0.375 e. The van der Waals surface area contributed by atoms with Gasteiger partial charge in [-0.2, -0.15) is 0 Å². The van der Waals surface area contributed by atoms with Crippen LogP contribution in [0.5, 0.6) is 0 Å². The predicted molar refractivity (Wildman–Crippen MR) is 132 cm³/mol. The van der Waals surface area contributed by atoms with Crippen LogP contribution in [-0.2, 0) is 6.42 Å². The Morgan fingerprint density at radius 1 is 1.06 bits per heavy atom. The lowest BCUT2D eigenvalue weighted by Gasteiger charge is -2.27. The summed E-state index contributed by atoms with van der Waals surface area (Å²) in [5, 5.41) is 1.86. The third kappa shape index (κ3) is 3.81. The van der Waals surface area contributed by atoms with E-state index in [0.717, 1.165) is 18.2 Å². The van der Waals surface area contributed by atoms with Gasteiger partial charge in [0.2, 0.25) is 0 Å². The molecule has 1 saturated heterocycles. The van der Waals surface area contributed by atoms with E-state index >= 15 is 0 Å². The molecule has 2 aliphatic rings. The minimum absolute atomic E-state index is 0.0936. The van der Waals surface area contributed by atoms with Gasteiger partial charge in [-0.15, -0.1) is 0 Å². The Morgan fingerprint density at radius 3 is 2.69 bits per heavy atom. The quantitative estimate of drug-likeness (QED) is 0.441. The second kappa shape index (κ2) is 8.13. The fourth-order valence-electron chi connectivity index (χ4n) is 5.27. The fraction of sp³-hybridized carbons (Fsp3) is 0.231. The molecule has 0 unspecified atom stereocenters. The molecule has 2 fully saturated rings. The number of rotatable bonds is 5. The van der Waals surface area contributed by atoms with E-state index in [-0.39, 0.29) is 40.3 Å². The highest BCUT2D eigenvalue weighted by molar-refractivity contribution is 7.19. The lowest BCUT2D eigenvalue weighted by Crippen LogP contribution is -2.40. The number of hydrogen-bond donors (Lipinski definition) is 2. The van der Waals surface area contributed by atoms with Gasteiger partial charge in [-0.05, 0) is 47.9 Å². The maximum absolute atomic E-state index is 13.9. The Kier molecular flexibility index (Phi) is 5.03. The van der Waals surface area contributed by atoms with Gasteiger partial charge >= 0.3 is 0 Å². The van der Waals surface area contributed by atoms with Crippen molar-refractivity contribution in [1.29, 1.82) is 0 Å². The Balaban J connectivity index is 1.34. The van der Waals surface area contributed by atoms with Crippen LogP contribution in [0.3, 0.4) is 0 Å². The first-order valence-electron chi connectivity index (χ1n) is 11.4. The maximum Gasteiger partial charge on any atom is 0.274 e. The molecule has 0 bridgehead atoms. The van der Waals surface area contributed by atoms with Gasteiger partial charge in [0.1, 0.15) is 17.2 Å². The summed E-state index contributed by atoms with van der Waals surface area (Å²) in [5.74, 6) is -0.735. The smallest absolute Gasteiger partial charge is 0.274 e. The molecular formula is C26H22FN5O2S. The number of benzene rings is 2. The summed E-state index contributed by atoms with van der Waals surface area (Å²) in [6, 6.07) is 15.6. The topological polar surface area (TPSA) is 115 Å². The molecule has 0 radical (unpaired) electrons. The lowest BCUT2D eigenvalue weighted by atomic mass is 10.0. The van der Waals surface area contributed by atoms with E-state index in [1.54, 1.807) is 12.1 Å². The summed E-state index contributed by atoms with van der Waals surface area (Å²) in [6.07, 6.45) is 2.30. The predicted octanol–water partition coefficient (Wildman–Crippen LogP) is 4.02. The molecule has 9 heteroatoms. The molecule has 1 aliphatic heterocycles. The molecule has 2 aromatic carbocycles. The number of pyridine rings is 1. The first kappa shape index (κ1) is 21.7. The number of thiazole rings is 1. The highest BCUT2D eigenvalue weighted by Crippen LogP contribution is 2.49. The van der Waals surface area contributed by atoms with Gasteiger partial charge in [-0.1, -0.05) is 47.7 Å². The third-order valence-corrected chi connectivity index (χ3v) is 7.78. The van der Waals surface area contributed by atoms with Crippen LogP contribution in [-0.4, -0.2) is 38.8 Å². The van der Waals surface area contributed by atoms with Crippen molar-refractivity contribution in [1.82, 2.24) is 14.9 Å². The second-order valence-corrected chi connectivity index (χ2v) is 10.2. The van der Waals surface area contributed by atoms with Gasteiger partial charge in [-0.25, -0.2) is 14.4 Å². The molecule has 1 aliphatic carbocycles. The monoisotopic (exact) mass is 487 g/mol. The summed E-state index contributed by atoms with van der Waals surface area (Å²) >= 11 is 1.18. The second-order valence-electron chi connectivity index (χ2n) is 9.16. The zero-order valence-electron chi connectivity index (χ0n) is 18.6. The fourth-order valence-corrected chi connectivity index (χ4v) is 6.10. The van der Waals surface area contributed by atoms with Crippen LogP contribution >= 0.6 is 11.3 Å². The number of nitrogens with two attached hydrogens (primary N) is 2. The van der Waals surface area contributed by atoms with Crippen molar-refractivity contribution in [3.05, 3.63) is 77.5 Å². The van der Waals surface area contributed by atoms with E-state index in [0.29, 0.717) is 33.9 Å². The average Bonchev–Trinajstić information content (AvgIpc) is 3.32. The molecule has 35 heavy (non-hydrogen) atoms. The van der Waals surface area contributed by atoms with Crippen molar-refractivity contribution in [2.75, 3.05) is 5.73 Å². The van der Waals surface area contributed by atoms with Crippen LogP contribution in [0.2, 0.25) is 0 Å². The van der Waals surface area contributed by atoms with Crippen LogP contribution in [0.4, 0.5) is 9.52 Å². The molecule has 3 heterocycles. The van der Waals surface area contributed by atoms with Crippen molar-refractivity contribution < 1.29 is 14.0 Å². The molecule has 4 N–H and O–H groups in total. The van der Waals surface area contributed by atoms with Gasteiger partial charge in [0.25, 0.3) is 11.8 Å². The maximum atomic E-state index is 13.9. The number of primary amides is 1. The van der Waals surface area contributed by atoms with Gasteiger partial charge < -0.3 is 16.4 Å². The summed E-state index contributed by atoms with van der Waals surface area (Å²) < 4.78 is 13.9. The summed E-state index contributed by atoms with van der Waals surface area (Å²) in [4.78, 5) is 37.2. The summed E-state index contributed by atoms with van der Waals surface area (Å²) in [7, 11) is 0. The van der Waals surface area contributed by atoms with Crippen molar-refractivity contribution in [3.8, 4) is 10.4 Å². The van der Waals surface area contributed by atoms with Crippen LogP contribution < -0.4 is 11.5 Å².